The van der Waals surface area contributed by atoms with Crippen LogP contribution in [0.4, 0.5) is 5.69 Å². The summed E-state index contributed by atoms with van der Waals surface area (Å²) in [5.41, 5.74) is 2.20. The SMILES string of the molecule is COc1ccc(Br)cc1CN(CCC#N)c1ccccc1. The average Bonchev–Trinajstić information content (AvgIpc) is 2.52. The first-order valence-electron chi connectivity index (χ1n) is 6.74. The van der Waals surface area contributed by atoms with Crippen LogP contribution in [0, 0.1) is 11.3 Å². The Hall–Kier alpha value is -1.99. The van der Waals surface area contributed by atoms with E-state index in [1.165, 1.54) is 0 Å². The van der Waals surface area contributed by atoms with Crippen molar-refractivity contribution in [1.82, 2.24) is 0 Å². The van der Waals surface area contributed by atoms with E-state index >= 15 is 0 Å². The highest BCUT2D eigenvalue weighted by molar-refractivity contribution is 9.10. The summed E-state index contributed by atoms with van der Waals surface area (Å²) in [5, 5.41) is 8.86. The van der Waals surface area contributed by atoms with Gasteiger partial charge in [-0.3, -0.25) is 0 Å². The second-order valence-electron chi connectivity index (χ2n) is 4.62. The number of benzene rings is 2. The van der Waals surface area contributed by atoms with E-state index in [4.69, 9.17) is 10.00 Å². The van der Waals surface area contributed by atoms with Gasteiger partial charge >= 0.3 is 0 Å². The van der Waals surface area contributed by atoms with Gasteiger partial charge in [-0.2, -0.15) is 5.26 Å². The summed E-state index contributed by atoms with van der Waals surface area (Å²) in [6, 6.07) is 18.3. The van der Waals surface area contributed by atoms with Crippen molar-refractivity contribution in [3.8, 4) is 11.8 Å². The van der Waals surface area contributed by atoms with Crippen LogP contribution >= 0.6 is 15.9 Å². The van der Waals surface area contributed by atoms with Crippen LogP contribution in [-0.4, -0.2) is 13.7 Å². The van der Waals surface area contributed by atoms with E-state index in [1.54, 1.807) is 7.11 Å². The van der Waals surface area contributed by atoms with E-state index in [1.807, 2.05) is 30.3 Å². The Morgan fingerprint density at radius 1 is 1.19 bits per heavy atom. The largest absolute Gasteiger partial charge is 0.496 e. The number of methoxy groups -OCH3 is 1. The number of rotatable bonds is 6. The maximum absolute atomic E-state index is 8.86. The zero-order valence-corrected chi connectivity index (χ0v) is 13.5. The molecule has 108 valence electrons. The molecule has 0 unspecified atom stereocenters. The van der Waals surface area contributed by atoms with E-state index in [0.29, 0.717) is 19.5 Å². The molecule has 4 heteroatoms. The molecular formula is C17H17BrN2O. The van der Waals surface area contributed by atoms with Crippen LogP contribution in [0.3, 0.4) is 0 Å². The fourth-order valence-electron chi connectivity index (χ4n) is 2.20. The van der Waals surface area contributed by atoms with Crippen LogP contribution in [0.25, 0.3) is 0 Å². The van der Waals surface area contributed by atoms with Crippen LogP contribution in [0.2, 0.25) is 0 Å². The number of hydrogen-bond acceptors (Lipinski definition) is 3. The normalized spacial score (nSPS) is 9.95. The first kappa shape index (κ1) is 15.4. The highest BCUT2D eigenvalue weighted by Gasteiger charge is 2.11. The van der Waals surface area contributed by atoms with Gasteiger partial charge in [0.15, 0.2) is 0 Å². The van der Waals surface area contributed by atoms with Crippen molar-refractivity contribution in [2.24, 2.45) is 0 Å². The third-order valence-electron chi connectivity index (χ3n) is 3.22. The summed E-state index contributed by atoms with van der Waals surface area (Å²) >= 11 is 3.50. The molecule has 0 aliphatic carbocycles. The van der Waals surface area contributed by atoms with E-state index in [9.17, 15) is 0 Å². The minimum atomic E-state index is 0.491. The molecule has 3 nitrogen and oxygen atoms in total. The number of hydrogen-bond donors (Lipinski definition) is 0. The molecule has 0 heterocycles. The smallest absolute Gasteiger partial charge is 0.123 e. The van der Waals surface area contributed by atoms with E-state index in [-0.39, 0.29) is 0 Å². The van der Waals surface area contributed by atoms with E-state index in [0.717, 1.165) is 21.5 Å². The van der Waals surface area contributed by atoms with Gasteiger partial charge in [0, 0.05) is 28.8 Å². The molecule has 0 atom stereocenters. The monoisotopic (exact) mass is 344 g/mol. The predicted molar refractivity (Wildman–Crippen MR) is 88.4 cm³/mol. The molecular weight excluding hydrogens is 328 g/mol. The van der Waals surface area contributed by atoms with Gasteiger partial charge in [0.2, 0.25) is 0 Å². The summed E-state index contributed by atoms with van der Waals surface area (Å²) in [6.45, 7) is 1.39. The topological polar surface area (TPSA) is 36.3 Å². The molecule has 0 radical (unpaired) electrons. The third kappa shape index (κ3) is 4.24. The standard InChI is InChI=1S/C17H17BrN2O/c1-21-17-9-8-15(18)12-14(17)13-20(11-5-10-19)16-6-3-2-4-7-16/h2-4,6-9,12H,5,11,13H2,1H3. The van der Waals surface area contributed by atoms with Gasteiger partial charge in [-0.25, -0.2) is 0 Å². The third-order valence-corrected chi connectivity index (χ3v) is 3.71. The number of ether oxygens (including phenoxy) is 1. The highest BCUT2D eigenvalue weighted by atomic mass is 79.9. The van der Waals surface area contributed by atoms with Crippen molar-refractivity contribution >= 4 is 21.6 Å². The molecule has 2 rings (SSSR count). The second-order valence-corrected chi connectivity index (χ2v) is 5.54. The lowest BCUT2D eigenvalue weighted by molar-refractivity contribution is 0.409. The number of halogens is 1. The summed E-state index contributed by atoms with van der Waals surface area (Å²) < 4.78 is 6.45. The Morgan fingerprint density at radius 3 is 2.62 bits per heavy atom. The fourth-order valence-corrected chi connectivity index (χ4v) is 2.61. The molecule has 0 saturated heterocycles. The number of nitrogens with zero attached hydrogens (tertiary/aromatic N) is 2. The molecule has 0 saturated carbocycles. The first-order valence-corrected chi connectivity index (χ1v) is 7.53. The van der Waals surface area contributed by atoms with Crippen molar-refractivity contribution in [3.05, 3.63) is 58.6 Å². The Kier molecular flexibility index (Phi) is 5.65. The predicted octanol–water partition coefficient (Wildman–Crippen LogP) is 4.38. The van der Waals surface area contributed by atoms with Crippen molar-refractivity contribution < 1.29 is 4.74 Å². The molecule has 0 fully saturated rings. The summed E-state index contributed by atoms with van der Waals surface area (Å²) in [4.78, 5) is 2.19. The first-order chi connectivity index (χ1) is 10.2. The molecule has 21 heavy (non-hydrogen) atoms. The molecule has 0 spiro atoms. The molecule has 0 aliphatic rings. The van der Waals surface area contributed by atoms with Gasteiger partial charge in [-0.1, -0.05) is 34.1 Å². The van der Waals surface area contributed by atoms with Crippen LogP contribution in [0.1, 0.15) is 12.0 Å². The van der Waals surface area contributed by atoms with Crippen molar-refractivity contribution in [2.75, 3.05) is 18.6 Å². The molecule has 2 aromatic carbocycles. The molecule has 0 bridgehead atoms. The molecule has 0 N–H and O–H groups in total. The lowest BCUT2D eigenvalue weighted by atomic mass is 10.1. The minimum absolute atomic E-state index is 0.491. The van der Waals surface area contributed by atoms with E-state index < -0.39 is 0 Å². The van der Waals surface area contributed by atoms with Gasteiger partial charge in [0.1, 0.15) is 5.75 Å². The summed E-state index contributed by atoms with van der Waals surface area (Å²) in [7, 11) is 1.68. The van der Waals surface area contributed by atoms with Gasteiger partial charge in [0.05, 0.1) is 19.6 Å². The van der Waals surface area contributed by atoms with Crippen molar-refractivity contribution in [1.29, 1.82) is 5.26 Å². The molecule has 2 aromatic rings. The zero-order chi connectivity index (χ0) is 15.1. The lowest BCUT2D eigenvalue weighted by Crippen LogP contribution is -2.23. The molecule has 0 aliphatic heterocycles. The second kappa shape index (κ2) is 7.70. The number of anilines is 1. The van der Waals surface area contributed by atoms with Crippen LogP contribution < -0.4 is 9.64 Å². The van der Waals surface area contributed by atoms with Gasteiger partial charge in [0.25, 0.3) is 0 Å². The van der Waals surface area contributed by atoms with Crippen LogP contribution in [0.5, 0.6) is 5.75 Å². The summed E-state index contributed by atoms with van der Waals surface area (Å²) in [5.74, 6) is 0.857. The Labute approximate surface area is 133 Å². The number of para-hydroxylation sites is 1. The highest BCUT2D eigenvalue weighted by Crippen LogP contribution is 2.26. The zero-order valence-electron chi connectivity index (χ0n) is 11.9. The Bertz CT molecular complexity index is 622. The average molecular weight is 345 g/mol. The van der Waals surface area contributed by atoms with E-state index in [2.05, 4.69) is 45.1 Å². The van der Waals surface area contributed by atoms with Gasteiger partial charge in [-0.15, -0.1) is 0 Å². The Balaban J connectivity index is 2.27. The minimum Gasteiger partial charge on any atom is -0.496 e. The van der Waals surface area contributed by atoms with Crippen LogP contribution in [-0.2, 0) is 6.54 Å². The maximum atomic E-state index is 8.86. The Morgan fingerprint density at radius 2 is 1.95 bits per heavy atom. The fraction of sp³-hybridized carbons (Fsp3) is 0.235. The molecule has 0 aromatic heterocycles. The van der Waals surface area contributed by atoms with Gasteiger partial charge in [-0.05, 0) is 30.3 Å². The molecule has 0 amide bonds. The van der Waals surface area contributed by atoms with Crippen molar-refractivity contribution in [2.45, 2.75) is 13.0 Å². The quantitative estimate of drug-likeness (QED) is 0.780. The maximum Gasteiger partial charge on any atom is 0.123 e. The lowest BCUT2D eigenvalue weighted by Gasteiger charge is -2.25. The van der Waals surface area contributed by atoms with Crippen molar-refractivity contribution in [3.63, 3.8) is 0 Å². The van der Waals surface area contributed by atoms with Gasteiger partial charge < -0.3 is 9.64 Å². The summed E-state index contributed by atoms with van der Waals surface area (Å²) in [6.07, 6.45) is 0.491. The number of nitriles is 1. The van der Waals surface area contributed by atoms with Crippen LogP contribution in [0.15, 0.2) is 53.0 Å².